The van der Waals surface area contributed by atoms with Gasteiger partial charge in [0.2, 0.25) is 0 Å². The number of rotatable bonds is 8. The van der Waals surface area contributed by atoms with Crippen LogP contribution in [0.1, 0.15) is 0 Å². The summed E-state index contributed by atoms with van der Waals surface area (Å²) in [5, 5.41) is 5.37. The average Bonchev–Trinajstić information content (AvgIpc) is 3.16. The number of ether oxygens (including phenoxy) is 2. The monoisotopic (exact) mass is 661 g/mol. The van der Waals surface area contributed by atoms with Crippen molar-refractivity contribution in [2.45, 2.75) is 0 Å². The summed E-state index contributed by atoms with van der Waals surface area (Å²) >= 11 is 0. The second kappa shape index (κ2) is 16.2. The zero-order valence-electron chi connectivity index (χ0n) is 26.7. The zero-order chi connectivity index (χ0) is 34.5. The van der Waals surface area contributed by atoms with Gasteiger partial charge in [-0.05, 0) is 96.1 Å². The molecular formula is C41H32FN5O3. The molecule has 0 saturated carbocycles. The molecule has 0 saturated heterocycles. The maximum absolute atomic E-state index is 12.9. The lowest BCUT2D eigenvalue weighted by atomic mass is 10.1. The predicted molar refractivity (Wildman–Crippen MR) is 196 cm³/mol. The van der Waals surface area contributed by atoms with Crippen molar-refractivity contribution in [2.24, 2.45) is 0 Å². The van der Waals surface area contributed by atoms with Gasteiger partial charge in [0.25, 0.3) is 0 Å². The van der Waals surface area contributed by atoms with Crippen molar-refractivity contribution in [3.63, 3.8) is 0 Å². The standard InChI is InChI=1S/C24H18FN3O2.C17H14N2O/c25-18-6-8-19(9-7-18)27-24(29)28-20-10-12-21(13-11-20)30-23-14-15-26-16-22(23)17-4-2-1-3-5-17;18-14-6-8-15(9-7-14)20-17-10-11-19-12-16(17)13-4-2-1-3-5-13/h1-16H,(H2,27,28,29);1-12H,18H2. The van der Waals surface area contributed by atoms with Gasteiger partial charge < -0.3 is 25.8 Å². The molecule has 50 heavy (non-hydrogen) atoms. The van der Waals surface area contributed by atoms with Gasteiger partial charge in [-0.1, -0.05) is 60.7 Å². The van der Waals surface area contributed by atoms with Gasteiger partial charge in [0.15, 0.2) is 0 Å². The summed E-state index contributed by atoms with van der Waals surface area (Å²) in [4.78, 5) is 20.5. The summed E-state index contributed by atoms with van der Waals surface area (Å²) in [5.74, 6) is 2.48. The first-order valence-corrected chi connectivity index (χ1v) is 15.6. The van der Waals surface area contributed by atoms with Crippen molar-refractivity contribution in [1.29, 1.82) is 0 Å². The summed E-state index contributed by atoms with van der Waals surface area (Å²) in [6, 6.07) is 43.1. The van der Waals surface area contributed by atoms with E-state index in [1.165, 1.54) is 24.3 Å². The van der Waals surface area contributed by atoms with Crippen LogP contribution in [0.25, 0.3) is 22.3 Å². The van der Waals surface area contributed by atoms with E-state index in [-0.39, 0.29) is 5.82 Å². The highest BCUT2D eigenvalue weighted by atomic mass is 19.1. The Hall–Kier alpha value is -7.00. The Kier molecular flexibility index (Phi) is 10.7. The number of nitrogens with one attached hydrogen (secondary N) is 2. The van der Waals surface area contributed by atoms with E-state index in [2.05, 4.69) is 20.6 Å². The van der Waals surface area contributed by atoms with Gasteiger partial charge in [0.05, 0.1) is 0 Å². The molecule has 2 amide bonds. The molecule has 0 bridgehead atoms. The second-order valence-electron chi connectivity index (χ2n) is 10.9. The van der Waals surface area contributed by atoms with Crippen molar-refractivity contribution < 1.29 is 18.7 Å². The lowest BCUT2D eigenvalue weighted by Gasteiger charge is -2.12. The van der Waals surface area contributed by atoms with Crippen LogP contribution in [0.2, 0.25) is 0 Å². The SMILES string of the molecule is Nc1ccc(Oc2ccncc2-c2ccccc2)cc1.O=C(Nc1ccc(F)cc1)Nc1ccc(Oc2ccncc2-c2ccccc2)cc1. The summed E-state index contributed by atoms with van der Waals surface area (Å²) in [7, 11) is 0. The molecule has 0 unspecified atom stereocenters. The third-order valence-corrected chi connectivity index (χ3v) is 7.28. The number of nitrogen functional groups attached to an aromatic ring is 1. The number of pyridine rings is 2. The molecule has 9 heteroatoms. The summed E-state index contributed by atoms with van der Waals surface area (Å²) in [5.41, 5.74) is 11.4. The van der Waals surface area contributed by atoms with Crippen LogP contribution in [-0.4, -0.2) is 16.0 Å². The van der Waals surface area contributed by atoms with Crippen LogP contribution in [0.15, 0.2) is 170 Å². The fourth-order valence-corrected chi connectivity index (χ4v) is 4.83. The van der Waals surface area contributed by atoms with Crippen molar-refractivity contribution >= 4 is 23.1 Å². The van der Waals surface area contributed by atoms with E-state index < -0.39 is 6.03 Å². The van der Waals surface area contributed by atoms with E-state index in [0.717, 1.165) is 39.4 Å². The smallest absolute Gasteiger partial charge is 0.323 e. The molecule has 0 aliphatic carbocycles. The third-order valence-electron chi connectivity index (χ3n) is 7.28. The quantitative estimate of drug-likeness (QED) is 0.140. The van der Waals surface area contributed by atoms with Gasteiger partial charge in [-0.15, -0.1) is 0 Å². The number of benzene rings is 5. The molecule has 2 heterocycles. The second-order valence-corrected chi connectivity index (χ2v) is 10.9. The van der Waals surface area contributed by atoms with Crippen molar-refractivity contribution in [1.82, 2.24) is 9.97 Å². The number of amides is 2. The Labute approximate surface area is 289 Å². The predicted octanol–water partition coefficient (Wildman–Crippen LogP) is 10.4. The number of hydrogen-bond donors (Lipinski definition) is 3. The fraction of sp³-hybridized carbons (Fsp3) is 0. The molecule has 0 radical (unpaired) electrons. The van der Waals surface area contributed by atoms with Crippen LogP contribution in [-0.2, 0) is 0 Å². The molecule has 0 spiro atoms. The molecule has 4 N–H and O–H groups in total. The van der Waals surface area contributed by atoms with Gasteiger partial charge in [-0.3, -0.25) is 9.97 Å². The van der Waals surface area contributed by atoms with Crippen molar-refractivity contribution in [2.75, 3.05) is 16.4 Å². The number of nitrogens with two attached hydrogens (primary N) is 1. The van der Waals surface area contributed by atoms with Crippen LogP contribution in [0.5, 0.6) is 23.0 Å². The van der Waals surface area contributed by atoms with Crippen LogP contribution >= 0.6 is 0 Å². The Morgan fingerprint density at radius 3 is 1.42 bits per heavy atom. The Balaban J connectivity index is 0.000000187. The van der Waals surface area contributed by atoms with Crippen LogP contribution in [0.4, 0.5) is 26.2 Å². The lowest BCUT2D eigenvalue weighted by molar-refractivity contribution is 0.262. The number of carbonyl (C=O) groups excluding carboxylic acids is 1. The van der Waals surface area contributed by atoms with Crippen molar-refractivity contribution in [3.8, 4) is 45.3 Å². The number of nitrogens with zero attached hydrogens (tertiary/aromatic N) is 2. The number of halogens is 1. The Morgan fingerprint density at radius 2 is 0.960 bits per heavy atom. The van der Waals surface area contributed by atoms with E-state index >= 15 is 0 Å². The molecule has 0 aliphatic rings. The Morgan fingerprint density at radius 1 is 0.540 bits per heavy atom. The molecule has 0 fully saturated rings. The first kappa shape index (κ1) is 32.9. The number of carbonyl (C=O) groups is 1. The number of anilines is 3. The topological polar surface area (TPSA) is 111 Å². The van der Waals surface area contributed by atoms with Gasteiger partial charge in [0, 0.05) is 53.0 Å². The lowest BCUT2D eigenvalue weighted by Crippen LogP contribution is -2.19. The highest BCUT2D eigenvalue weighted by Crippen LogP contribution is 2.34. The third kappa shape index (κ3) is 9.08. The van der Waals surface area contributed by atoms with Gasteiger partial charge in [-0.25, -0.2) is 9.18 Å². The van der Waals surface area contributed by atoms with E-state index in [9.17, 15) is 9.18 Å². The van der Waals surface area contributed by atoms with E-state index in [1.807, 2.05) is 103 Å². The molecule has 2 aromatic heterocycles. The molecule has 0 aliphatic heterocycles. The van der Waals surface area contributed by atoms with E-state index in [1.54, 1.807) is 42.9 Å². The first-order valence-electron chi connectivity index (χ1n) is 15.6. The van der Waals surface area contributed by atoms with E-state index in [4.69, 9.17) is 15.2 Å². The van der Waals surface area contributed by atoms with E-state index in [0.29, 0.717) is 22.9 Å². The molecule has 7 rings (SSSR count). The van der Waals surface area contributed by atoms with Crippen LogP contribution < -0.4 is 25.8 Å². The highest BCUT2D eigenvalue weighted by Gasteiger charge is 2.09. The maximum Gasteiger partial charge on any atom is 0.323 e. The molecular weight excluding hydrogens is 629 g/mol. The first-order chi connectivity index (χ1) is 24.5. The van der Waals surface area contributed by atoms with Crippen LogP contribution in [0.3, 0.4) is 0 Å². The normalized spacial score (nSPS) is 10.3. The van der Waals surface area contributed by atoms with Gasteiger partial charge >= 0.3 is 6.03 Å². The average molecular weight is 662 g/mol. The van der Waals surface area contributed by atoms with Crippen molar-refractivity contribution in [3.05, 3.63) is 176 Å². The van der Waals surface area contributed by atoms with Gasteiger partial charge in [0.1, 0.15) is 28.8 Å². The number of urea groups is 1. The maximum atomic E-state index is 12.9. The molecule has 246 valence electrons. The molecule has 0 atom stereocenters. The minimum absolute atomic E-state index is 0.360. The minimum atomic E-state index is -0.421. The summed E-state index contributed by atoms with van der Waals surface area (Å²) < 4.78 is 24.9. The number of aromatic nitrogens is 2. The summed E-state index contributed by atoms with van der Waals surface area (Å²) in [6.45, 7) is 0. The molecule has 7 aromatic rings. The highest BCUT2D eigenvalue weighted by molar-refractivity contribution is 5.99. The summed E-state index contributed by atoms with van der Waals surface area (Å²) in [6.07, 6.45) is 6.97. The molecule has 8 nitrogen and oxygen atoms in total. The minimum Gasteiger partial charge on any atom is -0.457 e. The van der Waals surface area contributed by atoms with Gasteiger partial charge in [-0.2, -0.15) is 0 Å². The fourth-order valence-electron chi connectivity index (χ4n) is 4.83. The largest absolute Gasteiger partial charge is 0.457 e. The molecule has 5 aromatic carbocycles. The van der Waals surface area contributed by atoms with Crippen LogP contribution in [0, 0.1) is 5.82 Å². The Bertz CT molecular complexity index is 2130. The zero-order valence-corrected chi connectivity index (χ0v) is 26.7. The number of hydrogen-bond acceptors (Lipinski definition) is 6.